The highest BCUT2D eigenvalue weighted by atomic mass is 19.1. The first-order valence-corrected chi connectivity index (χ1v) is 10.2. The van der Waals surface area contributed by atoms with Crippen molar-refractivity contribution in [2.75, 3.05) is 26.2 Å². The lowest BCUT2D eigenvalue weighted by Gasteiger charge is -2.33. The Balaban J connectivity index is 1.18. The number of aromatic nitrogens is 1. The quantitative estimate of drug-likeness (QED) is 0.859. The lowest BCUT2D eigenvalue weighted by atomic mass is 9.91. The topological polar surface area (TPSA) is 69.8 Å². The van der Waals surface area contributed by atoms with Crippen LogP contribution in [0.1, 0.15) is 30.9 Å². The van der Waals surface area contributed by atoms with E-state index in [0.29, 0.717) is 12.1 Å². The molecule has 2 aliphatic heterocycles. The minimum atomic E-state index is -0.724. The molecule has 2 fully saturated rings. The van der Waals surface area contributed by atoms with Gasteiger partial charge < -0.3 is 19.4 Å². The van der Waals surface area contributed by atoms with Crippen molar-refractivity contribution in [3.8, 4) is 0 Å². The second-order valence-corrected chi connectivity index (χ2v) is 8.13. The molecule has 152 valence electrons. The minimum Gasteiger partial charge on any atom is -0.373 e. The third-order valence-corrected chi connectivity index (χ3v) is 6.48. The van der Waals surface area contributed by atoms with Crippen molar-refractivity contribution in [1.82, 2.24) is 15.0 Å². The molecule has 1 N–H and O–H groups in total. The summed E-state index contributed by atoms with van der Waals surface area (Å²) in [5.41, 5.74) is 2.13. The highest BCUT2D eigenvalue weighted by Gasteiger charge is 2.42. The molecule has 2 saturated heterocycles. The third-order valence-electron chi connectivity index (χ3n) is 6.48. The average molecular weight is 397 g/mol. The summed E-state index contributed by atoms with van der Waals surface area (Å²) in [4.78, 5) is 16.5. The predicted molar refractivity (Wildman–Crippen MR) is 105 cm³/mol. The number of aliphatic hydroxyl groups is 1. The molecule has 5 rings (SSSR count). The van der Waals surface area contributed by atoms with E-state index in [1.54, 1.807) is 11.0 Å². The summed E-state index contributed by atoms with van der Waals surface area (Å²) >= 11 is 0. The van der Waals surface area contributed by atoms with Crippen LogP contribution in [0.15, 0.2) is 46.5 Å². The normalized spacial score (nSPS) is 25.7. The second-order valence-electron chi connectivity index (χ2n) is 8.13. The SMILES string of the molecule is O=C1C2=CC=CCC2C(O)N1CCN1CCC(c2noc3cc(F)ccc23)CC1. The second kappa shape index (κ2) is 7.39. The third kappa shape index (κ3) is 3.28. The highest BCUT2D eigenvalue weighted by molar-refractivity contribution is 5.97. The molecule has 0 bridgehead atoms. The van der Waals surface area contributed by atoms with E-state index in [2.05, 4.69) is 10.1 Å². The summed E-state index contributed by atoms with van der Waals surface area (Å²) in [6, 6.07) is 4.56. The molecule has 1 aliphatic carbocycles. The number of aliphatic hydroxyl groups excluding tert-OH is 1. The smallest absolute Gasteiger partial charge is 0.252 e. The molecular formula is C22H24FN3O3. The van der Waals surface area contributed by atoms with Gasteiger partial charge in [-0.15, -0.1) is 0 Å². The number of hydrogen-bond acceptors (Lipinski definition) is 5. The van der Waals surface area contributed by atoms with Crippen LogP contribution in [0, 0.1) is 11.7 Å². The number of amides is 1. The fourth-order valence-electron chi connectivity index (χ4n) is 4.80. The summed E-state index contributed by atoms with van der Waals surface area (Å²) in [6.07, 6.45) is 7.60. The maximum atomic E-state index is 13.4. The number of hydrogen-bond donors (Lipinski definition) is 1. The Bertz CT molecular complexity index is 990. The van der Waals surface area contributed by atoms with Gasteiger partial charge in [0.25, 0.3) is 5.91 Å². The van der Waals surface area contributed by atoms with Crippen LogP contribution in [0.2, 0.25) is 0 Å². The number of halogens is 1. The molecule has 2 atom stereocenters. The van der Waals surface area contributed by atoms with Crippen molar-refractivity contribution < 1.29 is 18.8 Å². The van der Waals surface area contributed by atoms with Gasteiger partial charge in [0.1, 0.15) is 12.0 Å². The Kier molecular flexibility index (Phi) is 4.72. The van der Waals surface area contributed by atoms with Crippen molar-refractivity contribution in [3.63, 3.8) is 0 Å². The lowest BCUT2D eigenvalue weighted by Crippen LogP contribution is -2.43. The summed E-state index contributed by atoms with van der Waals surface area (Å²) in [5.74, 6) is -0.164. The highest BCUT2D eigenvalue weighted by Crippen LogP contribution is 2.35. The van der Waals surface area contributed by atoms with Crippen LogP contribution in [0.4, 0.5) is 4.39 Å². The summed E-state index contributed by atoms with van der Waals surface area (Å²) in [5, 5.41) is 15.6. The fourth-order valence-corrected chi connectivity index (χ4v) is 4.80. The van der Waals surface area contributed by atoms with Gasteiger partial charge in [0.15, 0.2) is 5.58 Å². The zero-order valence-electron chi connectivity index (χ0n) is 16.1. The van der Waals surface area contributed by atoms with Gasteiger partial charge in [-0.05, 0) is 44.5 Å². The monoisotopic (exact) mass is 397 g/mol. The zero-order valence-corrected chi connectivity index (χ0v) is 16.1. The molecule has 0 radical (unpaired) electrons. The Morgan fingerprint density at radius 3 is 2.86 bits per heavy atom. The summed E-state index contributed by atoms with van der Waals surface area (Å²) in [7, 11) is 0. The van der Waals surface area contributed by atoms with E-state index in [9.17, 15) is 14.3 Å². The van der Waals surface area contributed by atoms with Crippen LogP contribution in [0.3, 0.4) is 0 Å². The molecule has 2 unspecified atom stereocenters. The van der Waals surface area contributed by atoms with E-state index in [4.69, 9.17) is 4.52 Å². The summed E-state index contributed by atoms with van der Waals surface area (Å²) < 4.78 is 18.7. The number of nitrogens with zero attached hydrogens (tertiary/aromatic N) is 3. The molecule has 1 aromatic heterocycles. The molecule has 0 spiro atoms. The van der Waals surface area contributed by atoms with E-state index in [1.165, 1.54) is 12.1 Å². The molecule has 1 amide bonds. The van der Waals surface area contributed by atoms with Gasteiger partial charge in [-0.2, -0.15) is 0 Å². The first-order valence-electron chi connectivity index (χ1n) is 10.2. The van der Waals surface area contributed by atoms with Crippen molar-refractivity contribution in [2.24, 2.45) is 5.92 Å². The minimum absolute atomic E-state index is 0.0389. The first kappa shape index (κ1) is 18.5. The maximum Gasteiger partial charge on any atom is 0.252 e. The van der Waals surface area contributed by atoms with Gasteiger partial charge in [0.05, 0.1) is 5.69 Å². The zero-order chi connectivity index (χ0) is 20.0. The van der Waals surface area contributed by atoms with Crippen LogP contribution in [0.5, 0.6) is 0 Å². The molecule has 2 aromatic rings. The maximum absolute atomic E-state index is 13.4. The van der Waals surface area contributed by atoms with Crippen LogP contribution < -0.4 is 0 Å². The Morgan fingerprint density at radius 2 is 2.07 bits per heavy atom. The Hall–Kier alpha value is -2.51. The number of allylic oxidation sites excluding steroid dienone is 3. The number of carbonyl (C=O) groups excluding carboxylic acids is 1. The Labute approximate surface area is 168 Å². The number of likely N-dealkylation sites (tertiary alicyclic amines) is 2. The predicted octanol–water partition coefficient (Wildman–Crippen LogP) is 2.81. The Morgan fingerprint density at radius 1 is 1.24 bits per heavy atom. The number of benzene rings is 1. The number of rotatable bonds is 4. The van der Waals surface area contributed by atoms with E-state index < -0.39 is 6.23 Å². The summed E-state index contributed by atoms with van der Waals surface area (Å²) in [6.45, 7) is 3.07. The van der Waals surface area contributed by atoms with Gasteiger partial charge in [-0.1, -0.05) is 23.4 Å². The first-order chi connectivity index (χ1) is 14.1. The van der Waals surface area contributed by atoms with Crippen LogP contribution in [-0.2, 0) is 4.79 Å². The van der Waals surface area contributed by atoms with Crippen LogP contribution in [0.25, 0.3) is 11.0 Å². The average Bonchev–Trinajstić information content (AvgIpc) is 3.26. The lowest BCUT2D eigenvalue weighted by molar-refractivity contribution is -0.132. The van der Waals surface area contributed by atoms with Crippen molar-refractivity contribution in [2.45, 2.75) is 31.4 Å². The molecular weight excluding hydrogens is 373 g/mol. The van der Waals surface area contributed by atoms with Gasteiger partial charge >= 0.3 is 0 Å². The number of carbonyl (C=O) groups is 1. The largest absolute Gasteiger partial charge is 0.373 e. The molecule has 6 nitrogen and oxygen atoms in total. The van der Waals surface area contributed by atoms with E-state index in [-0.39, 0.29) is 23.6 Å². The van der Waals surface area contributed by atoms with E-state index >= 15 is 0 Å². The molecule has 3 heterocycles. The van der Waals surface area contributed by atoms with Crippen molar-refractivity contribution >= 4 is 16.9 Å². The number of piperidine rings is 1. The number of fused-ring (bicyclic) bond motifs is 2. The van der Waals surface area contributed by atoms with Crippen molar-refractivity contribution in [1.29, 1.82) is 0 Å². The molecule has 7 heteroatoms. The molecule has 0 saturated carbocycles. The van der Waals surface area contributed by atoms with Gasteiger partial charge in [-0.3, -0.25) is 4.79 Å². The molecule has 29 heavy (non-hydrogen) atoms. The van der Waals surface area contributed by atoms with Crippen molar-refractivity contribution in [3.05, 3.63) is 53.5 Å². The van der Waals surface area contributed by atoms with E-state index in [0.717, 1.165) is 55.5 Å². The van der Waals surface area contributed by atoms with Gasteiger partial charge in [0.2, 0.25) is 0 Å². The standard InChI is InChI=1S/C22H24FN3O3/c23-15-5-6-18-19(13-15)29-24-20(18)14-7-9-25(10-8-14)11-12-26-21(27)16-3-1-2-4-17(16)22(26)28/h1-3,5-6,13-14,17,22,28H,4,7-12H2. The van der Waals surface area contributed by atoms with E-state index in [1.807, 2.05) is 18.2 Å². The van der Waals surface area contributed by atoms with Crippen LogP contribution in [-0.4, -0.2) is 58.4 Å². The van der Waals surface area contributed by atoms with Crippen LogP contribution >= 0.6 is 0 Å². The molecule has 3 aliphatic rings. The molecule has 1 aromatic carbocycles. The van der Waals surface area contributed by atoms with Gasteiger partial charge in [0, 0.05) is 42.0 Å². The fraction of sp³-hybridized carbons (Fsp3) is 0.455. The van der Waals surface area contributed by atoms with Gasteiger partial charge in [-0.25, -0.2) is 4.39 Å².